The van der Waals surface area contributed by atoms with Crippen LogP contribution in [0.1, 0.15) is 63.3 Å². The number of carbonyl (C=O) groups excluding carboxylic acids is 2. The number of hydrogen-bond acceptors (Lipinski definition) is 14. The molecule has 2 saturated heterocycles. The monoisotopic (exact) mass is 766 g/mol. The second-order valence-electron chi connectivity index (χ2n) is 13.1. The lowest BCUT2D eigenvalue weighted by atomic mass is 9.76. The van der Waals surface area contributed by atoms with Crippen LogP contribution >= 0.6 is 11.3 Å². The normalized spacial score (nSPS) is 22.0. The minimum Gasteiger partial charge on any atom is -0.486 e. The third-order valence-electron chi connectivity index (χ3n) is 9.32. The van der Waals surface area contributed by atoms with Crippen molar-refractivity contribution in [3.63, 3.8) is 0 Å². The number of aromatic nitrogens is 1. The zero-order valence-corrected chi connectivity index (χ0v) is 31.0. The Kier molecular flexibility index (Phi) is 14.1. The number of fused-ring (bicyclic) bond motifs is 1. The summed E-state index contributed by atoms with van der Waals surface area (Å²) in [7, 11) is 1.72. The van der Waals surface area contributed by atoms with Gasteiger partial charge in [0.2, 0.25) is 0 Å². The van der Waals surface area contributed by atoms with Crippen LogP contribution in [0.25, 0.3) is 0 Å². The van der Waals surface area contributed by atoms with Gasteiger partial charge >= 0.3 is 11.4 Å². The fraction of sp³-hybridized carbons (Fsp3) is 0.562. The van der Waals surface area contributed by atoms with Crippen molar-refractivity contribution in [1.82, 2.24) is 20.7 Å². The first-order valence-electron chi connectivity index (χ1n) is 16.5. The highest BCUT2D eigenvalue weighted by atomic mass is 32.2. The quantitative estimate of drug-likeness (QED) is 0.0395. The molecule has 20 heteroatoms. The van der Waals surface area contributed by atoms with Crippen molar-refractivity contribution in [2.75, 3.05) is 39.1 Å². The number of nitrogens with one attached hydrogen (secondary N) is 2. The lowest BCUT2D eigenvalue weighted by Gasteiger charge is -2.50. The van der Waals surface area contributed by atoms with Crippen LogP contribution in [0.15, 0.2) is 33.7 Å². The van der Waals surface area contributed by atoms with E-state index in [2.05, 4.69) is 25.1 Å². The minimum atomic E-state index is -2.71. The number of anilines is 1. The van der Waals surface area contributed by atoms with Crippen molar-refractivity contribution in [3.8, 4) is 5.75 Å². The number of methoxy groups -OCH3 is 1. The third kappa shape index (κ3) is 9.81. The van der Waals surface area contributed by atoms with E-state index >= 15 is 0 Å². The molecule has 286 valence electrons. The molecule has 18 nitrogen and oxygen atoms in total. The number of amidine groups is 1. The van der Waals surface area contributed by atoms with E-state index in [1.165, 1.54) is 0 Å². The van der Waals surface area contributed by atoms with Gasteiger partial charge in [-0.3, -0.25) is 23.9 Å². The Hall–Kier alpha value is -4.21. The van der Waals surface area contributed by atoms with E-state index in [0.29, 0.717) is 37.6 Å². The van der Waals surface area contributed by atoms with Gasteiger partial charge in [0.05, 0.1) is 5.54 Å². The number of piperidine rings is 1. The first-order valence-corrected chi connectivity index (χ1v) is 18.4. The molecule has 5 rings (SSSR count). The number of nitrogen functional groups attached to an aromatic ring is 1. The van der Waals surface area contributed by atoms with Crippen LogP contribution in [0.2, 0.25) is 0 Å². The van der Waals surface area contributed by atoms with Crippen LogP contribution in [0.3, 0.4) is 0 Å². The summed E-state index contributed by atoms with van der Waals surface area (Å²) in [5, 5.41) is 19.5. The van der Waals surface area contributed by atoms with Gasteiger partial charge in [0.25, 0.3) is 18.3 Å². The Morgan fingerprint density at radius 2 is 2.06 bits per heavy atom. The molecule has 52 heavy (non-hydrogen) atoms. The molecule has 1 aromatic carbocycles. The van der Waals surface area contributed by atoms with Gasteiger partial charge in [0, 0.05) is 31.2 Å². The van der Waals surface area contributed by atoms with Gasteiger partial charge < -0.3 is 41.5 Å². The third-order valence-corrected chi connectivity index (χ3v) is 10.3. The molecule has 0 aliphatic carbocycles. The van der Waals surface area contributed by atoms with Crippen molar-refractivity contribution in [2.24, 2.45) is 21.3 Å². The summed E-state index contributed by atoms with van der Waals surface area (Å²) in [4.78, 5) is 49.1. The molecule has 3 aliphatic rings. The van der Waals surface area contributed by atoms with Crippen molar-refractivity contribution in [2.45, 2.75) is 76.7 Å². The van der Waals surface area contributed by atoms with Crippen LogP contribution in [-0.4, -0.2) is 111 Å². The molecule has 8 N–H and O–H groups in total. The molecule has 0 bridgehead atoms. The second-order valence-corrected chi connectivity index (χ2v) is 14.6. The van der Waals surface area contributed by atoms with E-state index in [-0.39, 0.29) is 34.5 Å². The van der Waals surface area contributed by atoms with Gasteiger partial charge in [-0.25, -0.2) is 4.98 Å². The topological polar surface area (TPSA) is 263 Å². The summed E-state index contributed by atoms with van der Waals surface area (Å²) in [6, 6.07) is 4.73. The molecule has 2 fully saturated rings. The standard InChI is InChI=1S/C31H44N8O8S2.CH2O2/c1-18(46-38-24(21-16-48-29(33)36-21)27(40)37-25-28(41)39(30(25,2)3)47-49(42)43)22-7-5-19-15-20(6-8-23(19)45-22)26(32)35-17-31(11-14-44-4)9-12-34-13-10-31;2-1-3/h6,8,15-16,18,22,25,34H,5,7,9-14,17H2,1-4H3,(H2,32,35)(H2,33,36)(H,37,40)(H,42,43);1H,(H,2,3)/b38-24-;. The van der Waals surface area contributed by atoms with E-state index in [9.17, 15) is 13.8 Å². The lowest BCUT2D eigenvalue weighted by Crippen LogP contribution is -2.76. The number of oxime groups is 1. The number of aryl methyl sites for hydroxylation is 1. The molecule has 4 atom stereocenters. The Labute approximate surface area is 307 Å². The number of thiazole rings is 1. The van der Waals surface area contributed by atoms with Gasteiger partial charge in [-0.1, -0.05) is 5.16 Å². The summed E-state index contributed by atoms with van der Waals surface area (Å²) < 4.78 is 36.4. The van der Waals surface area contributed by atoms with Crippen LogP contribution < -0.4 is 26.8 Å². The lowest BCUT2D eigenvalue weighted by molar-refractivity contribution is -0.216. The fourth-order valence-corrected chi connectivity index (χ4v) is 7.14. The van der Waals surface area contributed by atoms with Crippen LogP contribution in [0, 0.1) is 5.41 Å². The Bertz CT molecular complexity index is 1660. The first kappa shape index (κ1) is 40.6. The number of carbonyl (C=O) groups is 3. The van der Waals surface area contributed by atoms with Crippen molar-refractivity contribution >= 4 is 57.7 Å². The SMILES string of the molecule is COCCC1(CN=C(N)c2ccc3c(c2)CCC(C(C)O/N=C(\C(=O)NC2C(=O)N(OS(=O)O)C2(C)C)c2csc(N)n2)O3)CCNCC1.O=CO. The maximum Gasteiger partial charge on any atom is 0.325 e. The molecule has 2 aromatic rings. The Morgan fingerprint density at radius 3 is 2.67 bits per heavy atom. The number of benzene rings is 1. The van der Waals surface area contributed by atoms with E-state index < -0.39 is 40.9 Å². The van der Waals surface area contributed by atoms with Gasteiger partial charge in [0.15, 0.2) is 16.9 Å². The predicted octanol–water partition coefficient (Wildman–Crippen LogP) is 1.21. The average Bonchev–Trinajstić information content (AvgIpc) is 3.56. The smallest absolute Gasteiger partial charge is 0.325 e. The highest BCUT2D eigenvalue weighted by Gasteiger charge is 2.57. The highest BCUT2D eigenvalue weighted by molar-refractivity contribution is 7.74. The second kappa shape index (κ2) is 18.0. The highest BCUT2D eigenvalue weighted by Crippen LogP contribution is 2.35. The number of rotatable bonds is 14. The predicted molar refractivity (Wildman–Crippen MR) is 193 cm³/mol. The molecule has 4 heterocycles. The van der Waals surface area contributed by atoms with Gasteiger partial charge in [-0.2, -0.15) is 9.27 Å². The summed E-state index contributed by atoms with van der Waals surface area (Å²) in [6.45, 7) is 7.94. The number of aliphatic imine (C=N–C) groups is 1. The molecular formula is C32H46N8O10S2. The van der Waals surface area contributed by atoms with Crippen LogP contribution in [-0.2, 0) is 46.0 Å². The summed E-state index contributed by atoms with van der Waals surface area (Å²) >= 11 is -1.60. The van der Waals surface area contributed by atoms with E-state index in [1.54, 1.807) is 33.3 Å². The Balaban J connectivity index is 0.00000195. The number of hydrogen-bond donors (Lipinski definition) is 6. The molecule has 4 unspecified atom stereocenters. The van der Waals surface area contributed by atoms with Gasteiger partial charge in [-0.05, 0) is 95.1 Å². The molecule has 0 saturated carbocycles. The summed E-state index contributed by atoms with van der Waals surface area (Å²) in [6.07, 6.45) is 3.37. The van der Waals surface area contributed by atoms with Crippen molar-refractivity contribution < 1.29 is 46.8 Å². The maximum absolute atomic E-state index is 13.4. The van der Waals surface area contributed by atoms with E-state index in [1.807, 2.05) is 18.2 Å². The molecule has 0 spiro atoms. The fourth-order valence-electron chi connectivity index (χ4n) is 6.20. The van der Waals surface area contributed by atoms with Crippen LogP contribution in [0.4, 0.5) is 5.13 Å². The number of carboxylic acid groups (broad SMARTS) is 1. The van der Waals surface area contributed by atoms with Crippen LogP contribution in [0.5, 0.6) is 5.75 Å². The largest absolute Gasteiger partial charge is 0.486 e. The first-order chi connectivity index (χ1) is 24.7. The van der Waals surface area contributed by atoms with Gasteiger partial charge in [0.1, 0.15) is 29.4 Å². The molecule has 0 radical (unpaired) electrons. The number of hydroxylamine groups is 2. The zero-order valence-electron chi connectivity index (χ0n) is 29.4. The number of nitrogens with two attached hydrogens (primary N) is 2. The zero-order chi connectivity index (χ0) is 38.1. The minimum absolute atomic E-state index is 0.0754. The molecule has 3 aliphatic heterocycles. The molecule has 1 aromatic heterocycles. The number of amides is 2. The maximum atomic E-state index is 13.4. The average molecular weight is 767 g/mol. The number of ether oxygens (including phenoxy) is 2. The van der Waals surface area contributed by atoms with Gasteiger partial charge in [-0.15, -0.1) is 15.6 Å². The number of β-lactam (4-membered cyclic amide) rings is 1. The van der Waals surface area contributed by atoms with E-state index in [0.717, 1.165) is 59.9 Å². The summed E-state index contributed by atoms with van der Waals surface area (Å²) in [5.41, 5.74) is 13.1. The van der Waals surface area contributed by atoms with Crippen molar-refractivity contribution in [1.29, 1.82) is 0 Å². The molecule has 2 amide bonds. The number of nitrogens with zero attached hydrogens (tertiary/aromatic N) is 4. The molecular weight excluding hydrogens is 721 g/mol. The van der Waals surface area contributed by atoms with E-state index in [4.69, 9.17) is 45.2 Å². The van der Waals surface area contributed by atoms with Crippen molar-refractivity contribution in [3.05, 3.63) is 40.4 Å². The Morgan fingerprint density at radius 1 is 1.35 bits per heavy atom. The summed E-state index contributed by atoms with van der Waals surface area (Å²) in [5.74, 6) is -0.255.